The molecule has 1 amide bonds. The summed E-state index contributed by atoms with van der Waals surface area (Å²) < 4.78 is 6.03. The van der Waals surface area contributed by atoms with Gasteiger partial charge >= 0.3 is 0 Å². The molecule has 2 saturated heterocycles. The van der Waals surface area contributed by atoms with E-state index in [0.29, 0.717) is 6.61 Å². The van der Waals surface area contributed by atoms with Crippen LogP contribution in [-0.4, -0.2) is 34.4 Å². The van der Waals surface area contributed by atoms with Gasteiger partial charge in [-0.1, -0.05) is 91.0 Å². The van der Waals surface area contributed by atoms with Gasteiger partial charge in [-0.05, 0) is 17.5 Å². The van der Waals surface area contributed by atoms with Crippen LogP contribution in [0.25, 0.3) is 0 Å². The van der Waals surface area contributed by atoms with Crippen LogP contribution in [0.15, 0.2) is 91.0 Å². The monoisotopic (exact) mass is 398 g/mol. The molecule has 2 aliphatic rings. The first-order chi connectivity index (χ1) is 14.8. The Kier molecular flexibility index (Phi) is 5.35. The van der Waals surface area contributed by atoms with Gasteiger partial charge in [0.25, 0.3) is 0 Å². The van der Waals surface area contributed by atoms with Crippen LogP contribution in [0.1, 0.15) is 29.3 Å². The number of nitrogens with zero attached hydrogens (tertiary/aromatic N) is 2. The first-order valence-corrected chi connectivity index (χ1v) is 10.6. The Bertz CT molecular complexity index is 936. The molecule has 2 fully saturated rings. The molecule has 0 spiro atoms. The summed E-state index contributed by atoms with van der Waals surface area (Å²) in [5.74, 6) is 0.179. The molecule has 0 bridgehead atoms. The average Bonchev–Trinajstić information content (AvgIpc) is 3.36. The van der Waals surface area contributed by atoms with Gasteiger partial charge in [0, 0.05) is 18.7 Å². The third-order valence-electron chi connectivity index (χ3n) is 6.11. The van der Waals surface area contributed by atoms with Crippen molar-refractivity contribution in [2.45, 2.75) is 37.8 Å². The highest BCUT2D eigenvalue weighted by molar-refractivity contribution is 5.85. The van der Waals surface area contributed by atoms with E-state index in [2.05, 4.69) is 53.4 Å². The summed E-state index contributed by atoms with van der Waals surface area (Å²) in [5.41, 5.74) is 3.50. The van der Waals surface area contributed by atoms with Crippen molar-refractivity contribution in [3.63, 3.8) is 0 Å². The quantitative estimate of drug-likeness (QED) is 0.617. The van der Waals surface area contributed by atoms with Crippen molar-refractivity contribution in [1.82, 2.24) is 9.80 Å². The molecule has 4 nitrogen and oxygen atoms in total. The molecule has 3 unspecified atom stereocenters. The zero-order chi connectivity index (χ0) is 20.3. The number of amides is 1. The fourth-order valence-corrected chi connectivity index (χ4v) is 4.65. The topological polar surface area (TPSA) is 32.8 Å². The highest BCUT2D eigenvalue weighted by Gasteiger charge is 2.49. The number of carbonyl (C=O) groups is 1. The fourth-order valence-electron chi connectivity index (χ4n) is 4.65. The highest BCUT2D eigenvalue weighted by Crippen LogP contribution is 2.39. The summed E-state index contributed by atoms with van der Waals surface area (Å²) >= 11 is 0. The van der Waals surface area contributed by atoms with Gasteiger partial charge in [0.05, 0.1) is 18.7 Å². The van der Waals surface area contributed by atoms with Gasteiger partial charge in [0.2, 0.25) is 5.91 Å². The Labute approximate surface area is 177 Å². The fraction of sp³-hybridized carbons (Fsp3) is 0.269. The first kappa shape index (κ1) is 19.0. The van der Waals surface area contributed by atoms with E-state index in [1.54, 1.807) is 0 Å². The van der Waals surface area contributed by atoms with Gasteiger partial charge in [0.15, 0.2) is 6.23 Å². The minimum absolute atomic E-state index is 0.134. The second kappa shape index (κ2) is 8.42. The van der Waals surface area contributed by atoms with Crippen LogP contribution >= 0.6 is 0 Å². The Balaban J connectivity index is 1.41. The zero-order valence-corrected chi connectivity index (χ0v) is 16.9. The van der Waals surface area contributed by atoms with Crippen LogP contribution in [0.4, 0.5) is 0 Å². The van der Waals surface area contributed by atoms with Crippen molar-refractivity contribution >= 4 is 5.91 Å². The number of rotatable bonds is 6. The van der Waals surface area contributed by atoms with Crippen molar-refractivity contribution in [1.29, 1.82) is 0 Å². The lowest BCUT2D eigenvalue weighted by Crippen LogP contribution is -2.42. The number of benzene rings is 3. The SMILES string of the molecule is O=C1C(N(Cc2ccccc2)Cc2ccccc2)CC2COC(c3ccccc3)N12. The molecule has 4 heteroatoms. The molecule has 0 aromatic heterocycles. The molecular weight excluding hydrogens is 372 g/mol. The lowest BCUT2D eigenvalue weighted by molar-refractivity contribution is -0.139. The molecular formula is C26H26N2O2. The molecule has 30 heavy (non-hydrogen) atoms. The van der Waals surface area contributed by atoms with E-state index in [0.717, 1.165) is 25.1 Å². The maximum atomic E-state index is 13.6. The van der Waals surface area contributed by atoms with Gasteiger partial charge in [0.1, 0.15) is 0 Å². The van der Waals surface area contributed by atoms with Gasteiger partial charge in [-0.15, -0.1) is 0 Å². The predicted octanol–water partition coefficient (Wildman–Crippen LogP) is 4.39. The van der Waals surface area contributed by atoms with Crippen molar-refractivity contribution in [3.8, 4) is 0 Å². The maximum absolute atomic E-state index is 13.6. The Hall–Kier alpha value is -2.95. The molecule has 0 saturated carbocycles. The largest absolute Gasteiger partial charge is 0.352 e. The molecule has 2 heterocycles. The van der Waals surface area contributed by atoms with Crippen LogP contribution in [-0.2, 0) is 22.6 Å². The van der Waals surface area contributed by atoms with Gasteiger partial charge in [-0.25, -0.2) is 0 Å². The minimum atomic E-state index is -0.274. The standard InChI is InChI=1S/C26H26N2O2/c29-25-24(16-23-19-30-26(28(23)25)22-14-8-3-9-15-22)27(17-20-10-4-1-5-11-20)18-21-12-6-2-7-13-21/h1-15,23-24,26H,16-19H2. The number of ether oxygens (including phenoxy) is 1. The second-order valence-corrected chi connectivity index (χ2v) is 8.12. The van der Waals surface area contributed by atoms with Crippen molar-refractivity contribution < 1.29 is 9.53 Å². The normalized spacial score (nSPS) is 23.2. The lowest BCUT2D eigenvalue weighted by Gasteiger charge is -2.29. The average molecular weight is 399 g/mol. The molecule has 0 aliphatic carbocycles. The van der Waals surface area contributed by atoms with E-state index < -0.39 is 0 Å². The molecule has 3 atom stereocenters. The number of carbonyl (C=O) groups excluding carboxylic acids is 1. The van der Waals surface area contributed by atoms with E-state index in [4.69, 9.17) is 4.74 Å². The third-order valence-corrected chi connectivity index (χ3v) is 6.11. The number of hydrogen-bond donors (Lipinski definition) is 0. The van der Waals surface area contributed by atoms with Crippen molar-refractivity contribution in [3.05, 3.63) is 108 Å². The van der Waals surface area contributed by atoms with Crippen LogP contribution in [0.2, 0.25) is 0 Å². The van der Waals surface area contributed by atoms with Crippen molar-refractivity contribution in [2.75, 3.05) is 6.61 Å². The lowest BCUT2D eigenvalue weighted by atomic mass is 10.1. The summed E-state index contributed by atoms with van der Waals surface area (Å²) in [4.78, 5) is 17.9. The van der Waals surface area contributed by atoms with Crippen LogP contribution in [0.3, 0.4) is 0 Å². The third kappa shape index (κ3) is 3.76. The Morgan fingerprint density at radius 1 is 0.800 bits per heavy atom. The van der Waals surface area contributed by atoms with Gasteiger partial charge in [-0.3, -0.25) is 9.69 Å². The van der Waals surface area contributed by atoms with E-state index in [1.807, 2.05) is 47.4 Å². The van der Waals surface area contributed by atoms with Crippen LogP contribution < -0.4 is 0 Å². The van der Waals surface area contributed by atoms with E-state index in [9.17, 15) is 4.79 Å². The first-order valence-electron chi connectivity index (χ1n) is 10.6. The van der Waals surface area contributed by atoms with E-state index in [-0.39, 0.29) is 24.2 Å². The van der Waals surface area contributed by atoms with Gasteiger partial charge < -0.3 is 9.64 Å². The summed E-state index contributed by atoms with van der Waals surface area (Å²) in [6.45, 7) is 2.11. The molecule has 3 aromatic carbocycles. The van der Waals surface area contributed by atoms with Crippen molar-refractivity contribution in [2.24, 2.45) is 0 Å². The molecule has 5 rings (SSSR count). The molecule has 0 N–H and O–H groups in total. The zero-order valence-electron chi connectivity index (χ0n) is 16.9. The minimum Gasteiger partial charge on any atom is -0.352 e. The van der Waals surface area contributed by atoms with Gasteiger partial charge in [-0.2, -0.15) is 0 Å². The van der Waals surface area contributed by atoms with Crippen LogP contribution in [0, 0.1) is 0 Å². The second-order valence-electron chi connectivity index (χ2n) is 8.12. The number of hydrogen-bond acceptors (Lipinski definition) is 3. The summed E-state index contributed by atoms with van der Waals surface area (Å²) in [6.07, 6.45) is 0.533. The summed E-state index contributed by atoms with van der Waals surface area (Å²) in [5, 5.41) is 0. The predicted molar refractivity (Wildman–Crippen MR) is 116 cm³/mol. The summed E-state index contributed by atoms with van der Waals surface area (Å²) in [7, 11) is 0. The van der Waals surface area contributed by atoms with E-state index in [1.165, 1.54) is 11.1 Å². The molecule has 2 aliphatic heterocycles. The van der Waals surface area contributed by atoms with Crippen LogP contribution in [0.5, 0.6) is 0 Å². The maximum Gasteiger partial charge on any atom is 0.242 e. The summed E-state index contributed by atoms with van der Waals surface area (Å²) in [6, 6.07) is 30.9. The number of fused-ring (bicyclic) bond motifs is 1. The molecule has 3 aromatic rings. The Morgan fingerprint density at radius 2 is 1.33 bits per heavy atom. The Morgan fingerprint density at radius 3 is 1.90 bits per heavy atom. The smallest absolute Gasteiger partial charge is 0.242 e. The molecule has 152 valence electrons. The highest BCUT2D eigenvalue weighted by atomic mass is 16.5. The van der Waals surface area contributed by atoms with E-state index >= 15 is 0 Å². The molecule has 0 radical (unpaired) electrons.